The fourth-order valence-electron chi connectivity index (χ4n) is 1.44. The van der Waals surface area contributed by atoms with Gasteiger partial charge in [-0.1, -0.05) is 12.1 Å². The number of hydrogen-bond donors (Lipinski definition) is 0. The molecule has 0 atom stereocenters. The average molecular weight is 265 g/mol. The first-order chi connectivity index (χ1) is 10.9. The van der Waals surface area contributed by atoms with Crippen LogP contribution in [0.25, 0.3) is 0 Å². The van der Waals surface area contributed by atoms with E-state index >= 15 is 0 Å². The number of benzene rings is 1. The van der Waals surface area contributed by atoms with Gasteiger partial charge in [0.1, 0.15) is 0 Å². The van der Waals surface area contributed by atoms with Crippen LogP contribution in [0, 0.1) is 0 Å². The highest BCUT2D eigenvalue weighted by molar-refractivity contribution is 6.05. The van der Waals surface area contributed by atoms with Crippen molar-refractivity contribution in [2.24, 2.45) is 0 Å². The average Bonchev–Trinajstić information content (AvgIpc) is 2.43. The van der Waals surface area contributed by atoms with Crippen LogP contribution in [0.2, 0.25) is 0 Å². The molecule has 0 aliphatic heterocycles. The summed E-state index contributed by atoms with van der Waals surface area (Å²) in [5.74, 6) is -1.12. The van der Waals surface area contributed by atoms with E-state index in [0.29, 0.717) is 4.90 Å². The Morgan fingerprint density at radius 1 is 1.42 bits per heavy atom. The summed E-state index contributed by atoms with van der Waals surface area (Å²) in [7, 11) is 3.51. The van der Waals surface area contributed by atoms with Gasteiger partial charge in [0.15, 0.2) is 5.78 Å². The third kappa shape index (κ3) is 4.25. The third-order valence-corrected chi connectivity index (χ3v) is 2.34. The quantitative estimate of drug-likeness (QED) is 0.606. The van der Waals surface area contributed by atoms with Crippen LogP contribution in [0.5, 0.6) is 0 Å². The van der Waals surface area contributed by atoms with E-state index in [2.05, 4.69) is 0 Å². The van der Waals surface area contributed by atoms with Crippen LogP contribution in [0.3, 0.4) is 0 Å². The molecule has 1 aromatic rings. The Bertz CT molecular complexity index is 654. The molecular weight excluding hydrogens is 240 g/mol. The molecule has 0 heterocycles. The number of rotatable bonds is 5. The molecule has 0 bridgehead atoms. The van der Waals surface area contributed by atoms with E-state index in [1.165, 1.54) is 30.3 Å². The molecule has 102 valence electrons. The molecule has 1 amide bonds. The Kier molecular flexibility index (Phi) is 3.16. The fraction of sp³-hybridized carbons (Fsp3) is 0.333. The van der Waals surface area contributed by atoms with Crippen LogP contribution < -0.4 is 4.90 Å². The van der Waals surface area contributed by atoms with E-state index in [0.717, 1.165) is 6.92 Å². The zero-order chi connectivity index (χ0) is 18.7. The maximum atomic E-state index is 12.1. The summed E-state index contributed by atoms with van der Waals surface area (Å²) in [4.78, 5) is 26.2. The number of carbonyl (C=O) groups is 2. The SMILES string of the molecule is [2H]C([2H])([2H])C([2H])([2H])N(C(C)=O)c1cccc(C(=O)/C=C/N(C)C)c1. The number of carbonyl (C=O) groups excluding carboxylic acids is 2. The summed E-state index contributed by atoms with van der Waals surface area (Å²) >= 11 is 0. The van der Waals surface area contributed by atoms with Gasteiger partial charge < -0.3 is 9.80 Å². The monoisotopic (exact) mass is 265 g/mol. The summed E-state index contributed by atoms with van der Waals surface area (Å²) in [5, 5.41) is 0. The standard InChI is InChI=1S/C15H20N2O2/c1-5-17(12(2)18)14-8-6-7-13(11-14)15(19)9-10-16(3)4/h6-11H,5H2,1-4H3/b10-9+/i1D3,5D2. The summed E-state index contributed by atoms with van der Waals surface area (Å²) < 4.78 is 37.7. The minimum atomic E-state index is -3.04. The molecule has 0 radical (unpaired) electrons. The van der Waals surface area contributed by atoms with Crippen molar-refractivity contribution in [1.82, 2.24) is 4.90 Å². The van der Waals surface area contributed by atoms with Crippen molar-refractivity contribution in [3.05, 3.63) is 42.1 Å². The van der Waals surface area contributed by atoms with Crippen molar-refractivity contribution in [1.29, 1.82) is 0 Å². The van der Waals surface area contributed by atoms with Crippen LogP contribution in [-0.2, 0) is 4.79 Å². The summed E-state index contributed by atoms with van der Waals surface area (Å²) in [6, 6.07) is 5.66. The lowest BCUT2D eigenvalue weighted by atomic mass is 10.1. The Labute approximate surface area is 121 Å². The lowest BCUT2D eigenvalue weighted by molar-refractivity contribution is -0.116. The Morgan fingerprint density at radius 3 is 2.74 bits per heavy atom. The zero-order valence-electron chi connectivity index (χ0n) is 16.2. The minimum absolute atomic E-state index is 0.00716. The largest absolute Gasteiger partial charge is 0.383 e. The molecule has 0 aliphatic rings. The second-order valence-corrected chi connectivity index (χ2v) is 4.16. The molecule has 4 nitrogen and oxygen atoms in total. The molecule has 0 fully saturated rings. The van der Waals surface area contributed by atoms with Gasteiger partial charge in [0, 0.05) is 57.9 Å². The van der Waals surface area contributed by atoms with Gasteiger partial charge in [-0.2, -0.15) is 0 Å². The molecule has 0 N–H and O–H groups in total. The molecule has 0 aliphatic carbocycles. The number of nitrogens with zero attached hydrogens (tertiary/aromatic N) is 2. The van der Waals surface area contributed by atoms with Crippen molar-refractivity contribution >= 4 is 17.4 Å². The lowest BCUT2D eigenvalue weighted by Crippen LogP contribution is -2.27. The highest BCUT2D eigenvalue weighted by Gasteiger charge is 2.10. The molecule has 1 aromatic carbocycles. The van der Waals surface area contributed by atoms with Crippen molar-refractivity contribution < 1.29 is 16.4 Å². The van der Waals surface area contributed by atoms with E-state index in [1.54, 1.807) is 25.2 Å². The van der Waals surface area contributed by atoms with Gasteiger partial charge in [-0.15, -0.1) is 0 Å². The molecule has 0 spiro atoms. The van der Waals surface area contributed by atoms with Crippen LogP contribution in [0.15, 0.2) is 36.5 Å². The highest BCUT2D eigenvalue weighted by atomic mass is 16.2. The number of amides is 1. The van der Waals surface area contributed by atoms with Gasteiger partial charge in [0.2, 0.25) is 5.91 Å². The van der Waals surface area contributed by atoms with Gasteiger partial charge >= 0.3 is 0 Å². The van der Waals surface area contributed by atoms with Crippen LogP contribution >= 0.6 is 0 Å². The number of hydrogen-bond acceptors (Lipinski definition) is 3. The van der Waals surface area contributed by atoms with Crippen molar-refractivity contribution in [3.63, 3.8) is 0 Å². The molecule has 1 rings (SSSR count). The molecule has 0 aromatic heterocycles. The predicted octanol–water partition coefficient (Wildman–Crippen LogP) is 2.32. The Morgan fingerprint density at radius 2 is 2.16 bits per heavy atom. The molecular formula is C15H20N2O2. The molecule has 0 saturated carbocycles. The maximum absolute atomic E-state index is 12.1. The predicted molar refractivity (Wildman–Crippen MR) is 77.3 cm³/mol. The fourth-order valence-corrected chi connectivity index (χ4v) is 1.44. The zero-order valence-corrected chi connectivity index (χ0v) is 11.2. The topological polar surface area (TPSA) is 40.6 Å². The van der Waals surface area contributed by atoms with E-state index in [4.69, 9.17) is 6.85 Å². The van der Waals surface area contributed by atoms with E-state index in [1.807, 2.05) is 0 Å². The summed E-state index contributed by atoms with van der Waals surface area (Å²) in [6.07, 6.45) is 2.88. The first-order valence-electron chi connectivity index (χ1n) is 8.18. The van der Waals surface area contributed by atoms with Gasteiger partial charge in [-0.05, 0) is 19.0 Å². The number of anilines is 1. The van der Waals surface area contributed by atoms with Crippen LogP contribution in [0.4, 0.5) is 5.69 Å². The first-order valence-corrected chi connectivity index (χ1v) is 5.68. The van der Waals surface area contributed by atoms with E-state index in [-0.39, 0.29) is 17.0 Å². The molecule has 0 unspecified atom stereocenters. The molecule has 4 heteroatoms. The van der Waals surface area contributed by atoms with E-state index < -0.39 is 19.3 Å². The van der Waals surface area contributed by atoms with Gasteiger partial charge in [0.25, 0.3) is 0 Å². The Hall–Kier alpha value is -2.10. The summed E-state index contributed by atoms with van der Waals surface area (Å²) in [6.45, 7) is -4.87. The third-order valence-electron chi connectivity index (χ3n) is 2.34. The van der Waals surface area contributed by atoms with Crippen LogP contribution in [-0.4, -0.2) is 37.2 Å². The van der Waals surface area contributed by atoms with Gasteiger partial charge in [-0.3, -0.25) is 9.59 Å². The van der Waals surface area contributed by atoms with Gasteiger partial charge in [0.05, 0.1) is 0 Å². The number of allylic oxidation sites excluding steroid dienone is 1. The Balaban J connectivity index is 3.31. The smallest absolute Gasteiger partial charge is 0.223 e. The van der Waals surface area contributed by atoms with Gasteiger partial charge in [-0.25, -0.2) is 0 Å². The second-order valence-electron chi connectivity index (χ2n) is 4.16. The number of ketones is 1. The lowest BCUT2D eigenvalue weighted by Gasteiger charge is -2.19. The molecule has 0 saturated heterocycles. The normalized spacial score (nSPS) is 15.8. The van der Waals surface area contributed by atoms with Crippen molar-refractivity contribution in [3.8, 4) is 0 Å². The van der Waals surface area contributed by atoms with Crippen LogP contribution in [0.1, 0.15) is 31.0 Å². The minimum Gasteiger partial charge on any atom is -0.383 e. The highest BCUT2D eigenvalue weighted by Crippen LogP contribution is 2.17. The van der Waals surface area contributed by atoms with Crippen molar-refractivity contribution in [2.45, 2.75) is 13.8 Å². The summed E-state index contributed by atoms with van der Waals surface area (Å²) in [5.41, 5.74) is 0.228. The van der Waals surface area contributed by atoms with Crippen molar-refractivity contribution in [2.75, 3.05) is 25.5 Å². The maximum Gasteiger partial charge on any atom is 0.223 e. The van der Waals surface area contributed by atoms with E-state index in [9.17, 15) is 9.59 Å². The molecule has 19 heavy (non-hydrogen) atoms. The first kappa shape index (κ1) is 8.91. The second kappa shape index (κ2) is 6.73.